The van der Waals surface area contributed by atoms with Crippen LogP contribution in [0.5, 0.6) is 11.5 Å². The molecule has 0 aliphatic carbocycles. The predicted octanol–water partition coefficient (Wildman–Crippen LogP) is 1.10. The maximum atomic E-state index is 12.6. The van der Waals surface area contributed by atoms with Gasteiger partial charge in [0.05, 0.1) is 38.9 Å². The van der Waals surface area contributed by atoms with E-state index in [4.69, 9.17) is 25.0 Å². The first-order chi connectivity index (χ1) is 18.1. The van der Waals surface area contributed by atoms with Crippen LogP contribution in [0.25, 0.3) is 11.0 Å². The highest BCUT2D eigenvalue weighted by molar-refractivity contribution is 5.91. The highest BCUT2D eigenvalue weighted by Gasteiger charge is 2.33. The summed E-state index contributed by atoms with van der Waals surface area (Å²) in [6, 6.07) is 5.39. The van der Waals surface area contributed by atoms with Crippen LogP contribution in [0.1, 0.15) is 17.3 Å². The largest absolute Gasteiger partial charge is 0.497 e. The molecule has 2 aliphatic rings. The number of amides is 1. The van der Waals surface area contributed by atoms with E-state index in [0.29, 0.717) is 52.7 Å². The Kier molecular flexibility index (Phi) is 7.20. The number of rotatable bonds is 6. The van der Waals surface area contributed by atoms with Crippen molar-refractivity contribution < 1.29 is 19.0 Å². The molecule has 192 valence electrons. The topological polar surface area (TPSA) is 121 Å². The Hall–Kier alpha value is -4.14. The molecule has 1 amide bonds. The minimum absolute atomic E-state index is 0.0119. The van der Waals surface area contributed by atoms with Crippen LogP contribution in [-0.2, 0) is 9.53 Å². The molecule has 2 fully saturated rings. The molecule has 0 atom stereocenters. The van der Waals surface area contributed by atoms with Gasteiger partial charge in [0.1, 0.15) is 29.3 Å². The third kappa shape index (κ3) is 5.35. The van der Waals surface area contributed by atoms with Crippen LogP contribution in [0, 0.1) is 11.8 Å². The van der Waals surface area contributed by atoms with Gasteiger partial charge in [-0.1, -0.05) is 12.0 Å². The number of benzene rings is 1. The Bertz CT molecular complexity index is 1360. The number of ether oxygens (including phenoxy) is 3. The molecule has 1 aromatic carbocycles. The van der Waals surface area contributed by atoms with E-state index in [1.54, 1.807) is 35.9 Å². The van der Waals surface area contributed by atoms with Crippen molar-refractivity contribution in [3.05, 3.63) is 47.9 Å². The molecule has 0 radical (unpaired) electrons. The second-order valence-electron chi connectivity index (χ2n) is 8.81. The minimum atomic E-state index is -0.0270. The number of fused-ring (bicyclic) bond motifs is 1. The van der Waals surface area contributed by atoms with Gasteiger partial charge in [-0.2, -0.15) is 5.10 Å². The number of likely N-dealkylation sites (tertiary alicyclic amines) is 1. The number of anilines is 1. The van der Waals surface area contributed by atoms with Crippen molar-refractivity contribution in [1.29, 1.82) is 0 Å². The number of carbonyl (C=O) groups excluding carboxylic acids is 1. The van der Waals surface area contributed by atoms with E-state index < -0.39 is 0 Å². The summed E-state index contributed by atoms with van der Waals surface area (Å²) in [5.74, 6) is 7.79. The first-order valence-electron chi connectivity index (χ1n) is 12.0. The normalized spacial score (nSPS) is 16.4. The smallest absolute Gasteiger partial charge is 0.246 e. The molecular weight excluding hydrogens is 474 g/mol. The van der Waals surface area contributed by atoms with Crippen molar-refractivity contribution in [3.8, 4) is 23.3 Å². The average Bonchev–Trinajstić information content (AvgIpc) is 3.26. The van der Waals surface area contributed by atoms with Crippen LogP contribution in [0.3, 0.4) is 0 Å². The summed E-state index contributed by atoms with van der Waals surface area (Å²) in [7, 11) is 3.18. The predicted molar refractivity (Wildman–Crippen MR) is 137 cm³/mol. The first-order valence-corrected chi connectivity index (χ1v) is 12.0. The van der Waals surface area contributed by atoms with Gasteiger partial charge in [0.25, 0.3) is 0 Å². The number of hydrogen-bond acceptors (Lipinski definition) is 9. The number of nitrogens with two attached hydrogens (primary N) is 1. The highest BCUT2D eigenvalue weighted by Crippen LogP contribution is 2.28. The molecule has 2 saturated heterocycles. The van der Waals surface area contributed by atoms with Gasteiger partial charge in [0.2, 0.25) is 5.91 Å². The number of hydrogen-bond donors (Lipinski definition) is 1. The van der Waals surface area contributed by atoms with Gasteiger partial charge < -0.3 is 24.8 Å². The number of nitrogen functional groups attached to an aromatic ring is 1. The fourth-order valence-electron chi connectivity index (χ4n) is 4.33. The molecule has 0 bridgehead atoms. The van der Waals surface area contributed by atoms with E-state index in [-0.39, 0.29) is 11.9 Å². The van der Waals surface area contributed by atoms with E-state index in [9.17, 15) is 4.79 Å². The van der Waals surface area contributed by atoms with Crippen molar-refractivity contribution in [2.24, 2.45) is 0 Å². The monoisotopic (exact) mass is 503 g/mol. The molecule has 37 heavy (non-hydrogen) atoms. The summed E-state index contributed by atoms with van der Waals surface area (Å²) in [6.45, 7) is 5.05. The molecule has 5 rings (SSSR count). The lowest BCUT2D eigenvalue weighted by Crippen LogP contribution is -2.50. The van der Waals surface area contributed by atoms with Crippen LogP contribution >= 0.6 is 0 Å². The standard InChI is InChI=1S/C26H29N7O4/c1-35-20-12-18(13-21(14-20)36-2)5-6-22-24-25(27)28-17-29-26(24)33(30-22)19-15-32(16-19)23(34)4-3-7-31-8-10-37-11-9-31/h3-4,12-14,17,19H,7-11,15-16H2,1-2H3,(H2,27,28,29). The van der Waals surface area contributed by atoms with Crippen molar-refractivity contribution in [1.82, 2.24) is 29.5 Å². The van der Waals surface area contributed by atoms with Crippen molar-refractivity contribution in [2.45, 2.75) is 6.04 Å². The molecule has 0 saturated carbocycles. The summed E-state index contributed by atoms with van der Waals surface area (Å²) in [4.78, 5) is 25.2. The van der Waals surface area contributed by atoms with Crippen molar-refractivity contribution in [2.75, 3.05) is 65.9 Å². The number of morpholine rings is 1. The number of aromatic nitrogens is 4. The van der Waals surface area contributed by atoms with E-state index in [0.717, 1.165) is 32.8 Å². The average molecular weight is 504 g/mol. The Morgan fingerprint density at radius 2 is 1.86 bits per heavy atom. The molecule has 3 aromatic rings. The second-order valence-corrected chi connectivity index (χ2v) is 8.81. The fourth-order valence-corrected chi connectivity index (χ4v) is 4.33. The first kappa shape index (κ1) is 24.5. The Morgan fingerprint density at radius 1 is 1.14 bits per heavy atom. The summed E-state index contributed by atoms with van der Waals surface area (Å²) < 4.78 is 17.8. The van der Waals surface area contributed by atoms with Gasteiger partial charge in [0.15, 0.2) is 5.65 Å². The lowest BCUT2D eigenvalue weighted by atomic mass is 10.1. The lowest BCUT2D eigenvalue weighted by Gasteiger charge is -2.38. The van der Waals surface area contributed by atoms with Crippen LogP contribution < -0.4 is 15.2 Å². The van der Waals surface area contributed by atoms with Gasteiger partial charge in [-0.05, 0) is 18.1 Å². The molecular formula is C26H29N7O4. The number of nitrogens with zero attached hydrogens (tertiary/aromatic N) is 6. The minimum Gasteiger partial charge on any atom is -0.497 e. The zero-order valence-corrected chi connectivity index (χ0v) is 20.9. The van der Waals surface area contributed by atoms with Crippen molar-refractivity contribution in [3.63, 3.8) is 0 Å². The second kappa shape index (κ2) is 10.9. The number of carbonyl (C=O) groups is 1. The zero-order chi connectivity index (χ0) is 25.8. The van der Waals surface area contributed by atoms with Crippen LogP contribution in [0.4, 0.5) is 5.82 Å². The van der Waals surface area contributed by atoms with Gasteiger partial charge in [-0.15, -0.1) is 0 Å². The Labute approximate surface area is 214 Å². The lowest BCUT2D eigenvalue weighted by molar-refractivity contribution is -0.131. The molecule has 0 spiro atoms. The van der Waals surface area contributed by atoms with Crippen LogP contribution in [-0.4, -0.2) is 95.6 Å². The third-order valence-corrected chi connectivity index (χ3v) is 6.44. The van der Waals surface area contributed by atoms with Gasteiger partial charge in [0, 0.05) is 50.4 Å². The molecule has 2 N–H and O–H groups in total. The molecule has 11 nitrogen and oxygen atoms in total. The maximum absolute atomic E-state index is 12.6. The fraction of sp³-hybridized carbons (Fsp3) is 0.385. The van der Waals surface area contributed by atoms with E-state index in [2.05, 4.69) is 26.7 Å². The third-order valence-electron chi connectivity index (χ3n) is 6.44. The molecule has 2 aliphatic heterocycles. The van der Waals surface area contributed by atoms with E-state index >= 15 is 0 Å². The van der Waals surface area contributed by atoms with Crippen molar-refractivity contribution >= 4 is 22.8 Å². The van der Waals surface area contributed by atoms with Gasteiger partial charge in [-0.3, -0.25) is 9.69 Å². The summed E-state index contributed by atoms with van der Waals surface area (Å²) in [5, 5.41) is 5.31. The summed E-state index contributed by atoms with van der Waals surface area (Å²) in [6.07, 6.45) is 4.97. The molecule has 4 heterocycles. The van der Waals surface area contributed by atoms with E-state index in [1.807, 2.05) is 18.2 Å². The van der Waals surface area contributed by atoms with E-state index in [1.165, 1.54) is 6.33 Å². The van der Waals surface area contributed by atoms with Gasteiger partial charge >= 0.3 is 0 Å². The SMILES string of the molecule is COc1cc(C#Cc2nn(C3CN(C(=O)C=CCN4CCOCC4)C3)c3ncnc(N)c23)cc(OC)c1. The zero-order valence-electron chi connectivity index (χ0n) is 20.9. The van der Waals surface area contributed by atoms with Crippen LogP contribution in [0.2, 0.25) is 0 Å². The summed E-state index contributed by atoms with van der Waals surface area (Å²) >= 11 is 0. The molecule has 0 unspecified atom stereocenters. The Balaban J connectivity index is 1.32. The summed E-state index contributed by atoms with van der Waals surface area (Å²) in [5.41, 5.74) is 7.97. The number of methoxy groups -OCH3 is 2. The highest BCUT2D eigenvalue weighted by atomic mass is 16.5. The van der Waals surface area contributed by atoms with Gasteiger partial charge in [-0.25, -0.2) is 14.6 Å². The molecule has 11 heteroatoms. The quantitative estimate of drug-likeness (QED) is 0.389. The maximum Gasteiger partial charge on any atom is 0.246 e. The Morgan fingerprint density at radius 3 is 2.57 bits per heavy atom. The molecule has 2 aromatic heterocycles. The van der Waals surface area contributed by atoms with Crippen LogP contribution in [0.15, 0.2) is 36.7 Å².